The summed E-state index contributed by atoms with van der Waals surface area (Å²) in [5.74, 6) is 1.95. The Hall–Kier alpha value is -2.33. The lowest BCUT2D eigenvalue weighted by Crippen LogP contribution is -1.94. The number of hydrogen-bond donors (Lipinski definition) is 0. The van der Waals surface area contributed by atoms with E-state index in [1.807, 2.05) is 54.6 Å². The number of alkyl halides is 1. The first-order chi connectivity index (χ1) is 10.3. The molecule has 5 heteroatoms. The average molecular weight is 301 g/mol. The fourth-order valence-electron chi connectivity index (χ4n) is 1.87. The SMILES string of the molecule is ClCc1nc(-c2ccc(OCc3ccccc3)cc2)no1. The molecule has 1 aromatic heterocycles. The van der Waals surface area contributed by atoms with E-state index in [0.717, 1.165) is 16.9 Å². The number of nitrogens with zero attached hydrogens (tertiary/aromatic N) is 2. The summed E-state index contributed by atoms with van der Waals surface area (Å²) in [6.45, 7) is 0.540. The molecule has 1 heterocycles. The fraction of sp³-hybridized carbons (Fsp3) is 0.125. The van der Waals surface area contributed by atoms with Crippen molar-refractivity contribution >= 4 is 11.6 Å². The molecule has 2 aromatic carbocycles. The van der Waals surface area contributed by atoms with E-state index in [0.29, 0.717) is 18.3 Å². The molecule has 0 fully saturated rings. The number of rotatable bonds is 5. The Bertz CT molecular complexity index is 696. The Morgan fingerprint density at radius 1 is 1.00 bits per heavy atom. The van der Waals surface area contributed by atoms with Crippen LogP contribution in [-0.4, -0.2) is 10.1 Å². The van der Waals surface area contributed by atoms with Gasteiger partial charge in [0.25, 0.3) is 0 Å². The maximum atomic E-state index is 5.72. The smallest absolute Gasteiger partial charge is 0.241 e. The van der Waals surface area contributed by atoms with Crippen molar-refractivity contribution in [3.63, 3.8) is 0 Å². The van der Waals surface area contributed by atoms with Crippen LogP contribution in [0.4, 0.5) is 0 Å². The molecule has 3 aromatic rings. The molecule has 0 saturated heterocycles. The Morgan fingerprint density at radius 2 is 1.76 bits per heavy atom. The summed E-state index contributed by atoms with van der Waals surface area (Å²) < 4.78 is 10.7. The van der Waals surface area contributed by atoms with Gasteiger partial charge in [-0.2, -0.15) is 4.98 Å². The lowest BCUT2D eigenvalue weighted by atomic mass is 10.2. The van der Waals surface area contributed by atoms with E-state index in [2.05, 4.69) is 10.1 Å². The van der Waals surface area contributed by atoms with Gasteiger partial charge in [0.1, 0.15) is 18.2 Å². The van der Waals surface area contributed by atoms with Crippen LogP contribution in [0, 0.1) is 0 Å². The zero-order valence-corrected chi connectivity index (χ0v) is 12.0. The lowest BCUT2D eigenvalue weighted by Gasteiger charge is -2.06. The van der Waals surface area contributed by atoms with Crippen LogP contribution in [0.2, 0.25) is 0 Å². The highest BCUT2D eigenvalue weighted by molar-refractivity contribution is 6.16. The molecule has 21 heavy (non-hydrogen) atoms. The van der Waals surface area contributed by atoms with Crippen LogP contribution in [0.3, 0.4) is 0 Å². The Balaban J connectivity index is 1.66. The van der Waals surface area contributed by atoms with Gasteiger partial charge in [-0.3, -0.25) is 0 Å². The minimum Gasteiger partial charge on any atom is -0.489 e. The van der Waals surface area contributed by atoms with Crippen LogP contribution in [-0.2, 0) is 12.5 Å². The largest absolute Gasteiger partial charge is 0.489 e. The van der Waals surface area contributed by atoms with Crippen molar-refractivity contribution in [2.75, 3.05) is 0 Å². The van der Waals surface area contributed by atoms with Crippen LogP contribution in [0.15, 0.2) is 59.1 Å². The van der Waals surface area contributed by atoms with Crippen molar-refractivity contribution in [1.29, 1.82) is 0 Å². The van der Waals surface area contributed by atoms with Crippen molar-refractivity contribution in [2.24, 2.45) is 0 Å². The van der Waals surface area contributed by atoms with E-state index in [1.54, 1.807) is 0 Å². The Kier molecular flexibility index (Phi) is 4.17. The topological polar surface area (TPSA) is 48.2 Å². The van der Waals surface area contributed by atoms with Gasteiger partial charge in [-0.05, 0) is 29.8 Å². The number of halogens is 1. The number of hydrogen-bond acceptors (Lipinski definition) is 4. The first kappa shape index (κ1) is 13.6. The number of benzene rings is 2. The number of aromatic nitrogens is 2. The summed E-state index contributed by atoms with van der Waals surface area (Å²) in [4.78, 5) is 4.17. The Morgan fingerprint density at radius 3 is 2.43 bits per heavy atom. The average Bonchev–Trinajstić information content (AvgIpc) is 3.03. The van der Waals surface area contributed by atoms with Crippen LogP contribution in [0.25, 0.3) is 11.4 Å². The van der Waals surface area contributed by atoms with Crippen LogP contribution >= 0.6 is 11.6 Å². The molecule has 0 saturated carbocycles. The molecule has 4 nitrogen and oxygen atoms in total. The zero-order chi connectivity index (χ0) is 14.5. The molecule has 0 aliphatic carbocycles. The van der Waals surface area contributed by atoms with Gasteiger partial charge < -0.3 is 9.26 Å². The van der Waals surface area contributed by atoms with E-state index in [1.165, 1.54) is 0 Å². The summed E-state index contributed by atoms with van der Waals surface area (Å²) in [6.07, 6.45) is 0. The van der Waals surface area contributed by atoms with E-state index < -0.39 is 0 Å². The third-order valence-electron chi connectivity index (χ3n) is 2.94. The van der Waals surface area contributed by atoms with Crippen LogP contribution in [0.5, 0.6) is 5.75 Å². The van der Waals surface area contributed by atoms with E-state index in [4.69, 9.17) is 20.9 Å². The highest BCUT2D eigenvalue weighted by atomic mass is 35.5. The monoisotopic (exact) mass is 300 g/mol. The maximum absolute atomic E-state index is 5.72. The predicted octanol–water partition coefficient (Wildman–Crippen LogP) is 4.05. The molecular formula is C16H13ClN2O2. The molecule has 0 spiro atoms. The van der Waals surface area contributed by atoms with Crippen LogP contribution < -0.4 is 4.74 Å². The van der Waals surface area contributed by atoms with Crippen molar-refractivity contribution in [1.82, 2.24) is 10.1 Å². The lowest BCUT2D eigenvalue weighted by molar-refractivity contribution is 0.306. The van der Waals surface area contributed by atoms with Crippen molar-refractivity contribution in [3.05, 3.63) is 66.1 Å². The van der Waals surface area contributed by atoms with Gasteiger partial charge in [-0.25, -0.2) is 0 Å². The zero-order valence-electron chi connectivity index (χ0n) is 11.2. The standard InChI is InChI=1S/C16H13ClN2O2/c17-10-15-18-16(19-21-15)13-6-8-14(9-7-13)20-11-12-4-2-1-3-5-12/h1-9H,10-11H2. The van der Waals surface area contributed by atoms with Gasteiger partial charge in [0.05, 0.1) is 0 Å². The van der Waals surface area contributed by atoms with Gasteiger partial charge in [0, 0.05) is 5.56 Å². The first-order valence-electron chi connectivity index (χ1n) is 6.51. The van der Waals surface area contributed by atoms with Crippen LogP contribution in [0.1, 0.15) is 11.5 Å². The third kappa shape index (κ3) is 3.41. The summed E-state index contributed by atoms with van der Waals surface area (Å²) in [5.41, 5.74) is 1.99. The van der Waals surface area contributed by atoms with E-state index in [-0.39, 0.29) is 5.88 Å². The Labute approximate surface area is 127 Å². The highest BCUT2D eigenvalue weighted by Crippen LogP contribution is 2.21. The van der Waals surface area contributed by atoms with Gasteiger partial charge >= 0.3 is 0 Å². The van der Waals surface area contributed by atoms with Crippen molar-refractivity contribution in [3.8, 4) is 17.1 Å². The van der Waals surface area contributed by atoms with Gasteiger partial charge in [-0.1, -0.05) is 35.5 Å². The fourth-order valence-corrected chi connectivity index (χ4v) is 1.98. The van der Waals surface area contributed by atoms with Gasteiger partial charge in [-0.15, -0.1) is 11.6 Å². The molecule has 3 rings (SSSR count). The molecule has 0 radical (unpaired) electrons. The molecular weight excluding hydrogens is 288 g/mol. The maximum Gasteiger partial charge on any atom is 0.241 e. The highest BCUT2D eigenvalue weighted by Gasteiger charge is 2.07. The van der Waals surface area contributed by atoms with E-state index in [9.17, 15) is 0 Å². The molecule has 0 unspecified atom stereocenters. The summed E-state index contributed by atoms with van der Waals surface area (Å²) in [6, 6.07) is 17.6. The van der Waals surface area contributed by atoms with Gasteiger partial charge in [0.2, 0.25) is 11.7 Å². The normalized spacial score (nSPS) is 10.5. The molecule has 0 aliphatic rings. The summed E-state index contributed by atoms with van der Waals surface area (Å²) in [7, 11) is 0. The second-order valence-electron chi connectivity index (χ2n) is 4.44. The van der Waals surface area contributed by atoms with Gasteiger partial charge in [0.15, 0.2) is 0 Å². The molecule has 0 N–H and O–H groups in total. The molecule has 106 valence electrons. The van der Waals surface area contributed by atoms with Crippen molar-refractivity contribution in [2.45, 2.75) is 12.5 Å². The number of ether oxygens (including phenoxy) is 1. The molecule has 0 atom stereocenters. The van der Waals surface area contributed by atoms with Crippen molar-refractivity contribution < 1.29 is 9.26 Å². The minimum atomic E-state index is 0.214. The second-order valence-corrected chi connectivity index (χ2v) is 4.71. The first-order valence-corrected chi connectivity index (χ1v) is 7.04. The minimum absolute atomic E-state index is 0.214. The quantitative estimate of drug-likeness (QED) is 0.667. The summed E-state index contributed by atoms with van der Waals surface area (Å²) >= 11 is 5.64. The van der Waals surface area contributed by atoms with E-state index >= 15 is 0 Å². The molecule has 0 aliphatic heterocycles. The molecule has 0 bridgehead atoms. The second kappa shape index (κ2) is 6.41. The third-order valence-corrected chi connectivity index (χ3v) is 3.17. The predicted molar refractivity (Wildman–Crippen MR) is 80.1 cm³/mol. The summed E-state index contributed by atoms with van der Waals surface area (Å²) in [5, 5.41) is 3.87. The molecule has 0 amide bonds.